The van der Waals surface area contributed by atoms with Gasteiger partial charge in [0.05, 0.1) is 64.4 Å². The number of likely N-dealkylation sites (tertiary alicyclic amines) is 1. The number of alkyl halides is 1. The third-order valence-corrected chi connectivity index (χ3v) is 8.17. The third kappa shape index (κ3) is 16.5. The average molecular weight is 730 g/mol. The number of carbonyl (C=O) groups excluding carboxylic acids is 3. The van der Waals surface area contributed by atoms with Crippen LogP contribution in [0.3, 0.4) is 0 Å². The van der Waals surface area contributed by atoms with E-state index in [0.717, 1.165) is 38.2 Å². The average Bonchev–Trinajstić information content (AvgIpc) is 3.75. The fourth-order valence-corrected chi connectivity index (χ4v) is 5.44. The van der Waals surface area contributed by atoms with Gasteiger partial charge in [-0.15, -0.1) is 11.6 Å². The molecule has 1 fully saturated rings. The van der Waals surface area contributed by atoms with Crippen LogP contribution in [0.1, 0.15) is 61.6 Å². The lowest BCUT2D eigenvalue weighted by Gasteiger charge is -2.26. The second-order valence-corrected chi connectivity index (χ2v) is 12.4. The number of hydrogen-bond donors (Lipinski definition) is 2. The monoisotopic (exact) mass is 728 g/mol. The van der Waals surface area contributed by atoms with E-state index in [9.17, 15) is 14.4 Å². The van der Waals surface area contributed by atoms with Crippen molar-refractivity contribution in [3.8, 4) is 0 Å². The number of hydrogen-bond acceptors (Lipinski definition) is 10. The standard InChI is InChI=1S/C34H50Cl2N4O9/c1-26-23-29(49-39-26)24-32(41)40-14-6-7-31(40)33(42)38-30(27-8-10-28(36)11-9-27)25-48-34(43)37-13-16-45-18-20-47-22-21-46-19-17-44-15-5-3-2-4-12-35/h8-11,23,30-31H,2-7,12-22,24-25H2,1H3,(H,37,43)(H,38,42)/t30-,31-/m0/s1. The molecular weight excluding hydrogens is 679 g/mol. The molecule has 0 saturated carbocycles. The van der Waals surface area contributed by atoms with Gasteiger partial charge in [-0.25, -0.2) is 4.79 Å². The third-order valence-electron chi connectivity index (χ3n) is 7.65. The molecule has 49 heavy (non-hydrogen) atoms. The van der Waals surface area contributed by atoms with Crippen molar-refractivity contribution in [2.45, 2.75) is 64.0 Å². The molecule has 2 atom stereocenters. The Hall–Kier alpha value is -2.94. The number of aryl methyl sites for hydroxylation is 1. The summed E-state index contributed by atoms with van der Waals surface area (Å²) in [5.41, 5.74) is 1.38. The smallest absolute Gasteiger partial charge is 0.407 e. The Morgan fingerprint density at radius 3 is 2.24 bits per heavy atom. The first-order chi connectivity index (χ1) is 23.9. The van der Waals surface area contributed by atoms with Gasteiger partial charge in [0.15, 0.2) is 0 Å². The number of unbranched alkanes of at least 4 members (excludes halogenated alkanes) is 3. The number of nitrogens with one attached hydrogen (secondary N) is 2. The SMILES string of the molecule is Cc1cc(CC(=O)N2CCC[C@H]2C(=O)N[C@@H](COC(=O)NCCOCCOCCOCCOCCCCCCCl)c2ccc(Cl)cc2)on1. The second-order valence-electron chi connectivity index (χ2n) is 11.5. The quantitative estimate of drug-likeness (QED) is 0.110. The molecule has 0 spiro atoms. The lowest BCUT2D eigenvalue weighted by Crippen LogP contribution is -2.48. The van der Waals surface area contributed by atoms with Gasteiger partial charge in [-0.2, -0.15) is 0 Å². The zero-order valence-corrected chi connectivity index (χ0v) is 29.8. The molecule has 0 radical (unpaired) electrons. The summed E-state index contributed by atoms with van der Waals surface area (Å²) in [6.45, 7) is 6.15. The number of alkyl carbamates (subject to hydrolysis) is 1. The minimum absolute atomic E-state index is 0.0213. The summed E-state index contributed by atoms with van der Waals surface area (Å²) in [5.74, 6) is 0.618. The molecule has 2 aromatic rings. The highest BCUT2D eigenvalue weighted by molar-refractivity contribution is 6.30. The predicted molar refractivity (Wildman–Crippen MR) is 184 cm³/mol. The summed E-state index contributed by atoms with van der Waals surface area (Å²) in [4.78, 5) is 40.4. The van der Waals surface area contributed by atoms with Crippen molar-refractivity contribution in [1.82, 2.24) is 20.7 Å². The van der Waals surface area contributed by atoms with Crippen molar-refractivity contribution in [1.29, 1.82) is 0 Å². The van der Waals surface area contributed by atoms with Crippen LogP contribution in [0.15, 0.2) is 34.9 Å². The number of ether oxygens (including phenoxy) is 5. The summed E-state index contributed by atoms with van der Waals surface area (Å²) in [7, 11) is 0. The number of amides is 3. The minimum Gasteiger partial charge on any atom is -0.447 e. The molecule has 3 amide bonds. The lowest BCUT2D eigenvalue weighted by atomic mass is 10.1. The van der Waals surface area contributed by atoms with Crippen molar-refractivity contribution < 1.29 is 42.6 Å². The maximum Gasteiger partial charge on any atom is 0.407 e. The largest absolute Gasteiger partial charge is 0.447 e. The molecule has 2 N–H and O–H groups in total. The van der Waals surface area contributed by atoms with E-state index in [4.69, 9.17) is 51.4 Å². The molecule has 0 unspecified atom stereocenters. The molecule has 13 nitrogen and oxygen atoms in total. The molecule has 2 heterocycles. The minimum atomic E-state index is -0.661. The van der Waals surface area contributed by atoms with Gasteiger partial charge in [0, 0.05) is 36.7 Å². The van der Waals surface area contributed by atoms with Gasteiger partial charge < -0.3 is 43.7 Å². The van der Waals surface area contributed by atoms with Crippen LogP contribution in [0.2, 0.25) is 5.02 Å². The Balaban J connectivity index is 1.28. The van der Waals surface area contributed by atoms with E-state index in [1.54, 1.807) is 42.2 Å². The highest BCUT2D eigenvalue weighted by atomic mass is 35.5. The first-order valence-corrected chi connectivity index (χ1v) is 17.8. The summed E-state index contributed by atoms with van der Waals surface area (Å²) in [5, 5.41) is 9.95. The fraction of sp³-hybridized carbons (Fsp3) is 0.647. The van der Waals surface area contributed by atoms with Crippen LogP contribution in [0.4, 0.5) is 4.79 Å². The number of aromatic nitrogens is 1. The van der Waals surface area contributed by atoms with Gasteiger partial charge in [-0.05, 0) is 50.3 Å². The topological polar surface area (TPSA) is 151 Å². The zero-order valence-electron chi connectivity index (χ0n) is 28.3. The number of carbonyl (C=O) groups is 3. The molecule has 0 aliphatic carbocycles. The Labute approximate surface area is 298 Å². The molecule has 0 bridgehead atoms. The van der Waals surface area contributed by atoms with E-state index in [1.165, 1.54) is 0 Å². The van der Waals surface area contributed by atoms with E-state index < -0.39 is 18.2 Å². The number of halogens is 2. The van der Waals surface area contributed by atoms with E-state index in [2.05, 4.69) is 15.8 Å². The Morgan fingerprint density at radius 1 is 0.939 bits per heavy atom. The Bertz CT molecular complexity index is 1230. The number of rotatable bonds is 25. The van der Waals surface area contributed by atoms with Crippen LogP contribution in [0.25, 0.3) is 0 Å². The van der Waals surface area contributed by atoms with Crippen molar-refractivity contribution >= 4 is 41.1 Å². The van der Waals surface area contributed by atoms with Crippen LogP contribution in [0.5, 0.6) is 0 Å². The van der Waals surface area contributed by atoms with Gasteiger partial charge in [0.25, 0.3) is 0 Å². The molecule has 1 saturated heterocycles. The first kappa shape index (κ1) is 40.5. The maximum atomic E-state index is 13.4. The van der Waals surface area contributed by atoms with Gasteiger partial charge >= 0.3 is 6.09 Å². The molecule has 274 valence electrons. The van der Waals surface area contributed by atoms with Gasteiger partial charge in [-0.1, -0.05) is 41.7 Å². The number of nitrogens with zero attached hydrogens (tertiary/aromatic N) is 2. The van der Waals surface area contributed by atoms with Gasteiger partial charge in [0.1, 0.15) is 18.4 Å². The van der Waals surface area contributed by atoms with Crippen LogP contribution >= 0.6 is 23.2 Å². The van der Waals surface area contributed by atoms with Crippen molar-refractivity contribution in [2.24, 2.45) is 0 Å². The van der Waals surface area contributed by atoms with Crippen molar-refractivity contribution in [2.75, 3.05) is 78.4 Å². The molecule has 1 aliphatic heterocycles. The van der Waals surface area contributed by atoms with E-state index in [0.29, 0.717) is 81.1 Å². The lowest BCUT2D eigenvalue weighted by molar-refractivity contribution is -0.138. The molecular formula is C34H50Cl2N4O9. The van der Waals surface area contributed by atoms with E-state index >= 15 is 0 Å². The Morgan fingerprint density at radius 2 is 1.59 bits per heavy atom. The highest BCUT2D eigenvalue weighted by Crippen LogP contribution is 2.22. The first-order valence-electron chi connectivity index (χ1n) is 16.9. The van der Waals surface area contributed by atoms with Gasteiger partial charge in [-0.3, -0.25) is 9.59 Å². The molecule has 1 aromatic heterocycles. The summed E-state index contributed by atoms with van der Waals surface area (Å²) in [6, 6.07) is 7.28. The maximum absolute atomic E-state index is 13.4. The molecule has 1 aliphatic rings. The van der Waals surface area contributed by atoms with Gasteiger partial charge in [0.2, 0.25) is 11.8 Å². The summed E-state index contributed by atoms with van der Waals surface area (Å²) < 4.78 is 32.6. The molecule has 3 rings (SSSR count). The van der Waals surface area contributed by atoms with Crippen LogP contribution in [-0.2, 0) is 39.7 Å². The normalized spacial score (nSPS) is 14.9. The number of benzene rings is 1. The van der Waals surface area contributed by atoms with Crippen molar-refractivity contribution in [3.63, 3.8) is 0 Å². The fourth-order valence-electron chi connectivity index (χ4n) is 5.12. The van der Waals surface area contributed by atoms with E-state index in [1.807, 2.05) is 0 Å². The Kier molecular flexibility index (Phi) is 20.0. The summed E-state index contributed by atoms with van der Waals surface area (Å²) >= 11 is 11.7. The van der Waals surface area contributed by atoms with Crippen LogP contribution in [-0.4, -0.2) is 112 Å². The molecule has 1 aromatic carbocycles. The summed E-state index contributed by atoms with van der Waals surface area (Å²) in [6.07, 6.45) is 4.95. The second kappa shape index (κ2) is 24.2. The predicted octanol–water partition coefficient (Wildman–Crippen LogP) is 4.62. The van der Waals surface area contributed by atoms with E-state index in [-0.39, 0.29) is 38.0 Å². The zero-order chi connectivity index (χ0) is 35.1. The van der Waals surface area contributed by atoms with Crippen molar-refractivity contribution in [3.05, 3.63) is 52.4 Å². The van der Waals surface area contributed by atoms with Crippen LogP contribution in [0, 0.1) is 6.92 Å². The van der Waals surface area contributed by atoms with Crippen LogP contribution < -0.4 is 10.6 Å². The molecule has 15 heteroatoms. The highest BCUT2D eigenvalue weighted by Gasteiger charge is 2.35.